The van der Waals surface area contributed by atoms with Crippen LogP contribution in [0.2, 0.25) is 0 Å². The molecule has 8 nitrogen and oxygen atoms in total. The third-order valence-corrected chi connectivity index (χ3v) is 4.02. The van der Waals surface area contributed by atoms with Gasteiger partial charge in [0.2, 0.25) is 5.91 Å². The molecule has 0 aromatic heterocycles. The average molecular weight is 351 g/mol. The summed E-state index contributed by atoms with van der Waals surface area (Å²) in [7, 11) is 3.44. The van der Waals surface area contributed by atoms with Crippen LogP contribution in [0, 0.1) is 5.92 Å². The zero-order valence-corrected chi connectivity index (χ0v) is 14.4. The van der Waals surface area contributed by atoms with Crippen LogP contribution in [-0.4, -0.2) is 59.3 Å². The highest BCUT2D eigenvalue weighted by Gasteiger charge is 2.33. The Balaban J connectivity index is 0.000000293. The quantitative estimate of drug-likeness (QED) is 0.647. The van der Waals surface area contributed by atoms with E-state index in [1.807, 2.05) is 0 Å². The van der Waals surface area contributed by atoms with Gasteiger partial charge in [0, 0.05) is 32.1 Å². The van der Waals surface area contributed by atoms with Crippen LogP contribution in [0.1, 0.15) is 29.6 Å². The van der Waals surface area contributed by atoms with Crippen LogP contribution in [0.3, 0.4) is 0 Å². The number of aromatic carboxylic acids is 1. The fraction of sp³-hybridized carbons (Fsp3) is 0.471. The van der Waals surface area contributed by atoms with E-state index < -0.39 is 12.1 Å². The summed E-state index contributed by atoms with van der Waals surface area (Å²) in [6.45, 7) is 0. The van der Waals surface area contributed by atoms with Crippen molar-refractivity contribution in [3.8, 4) is 0 Å². The zero-order valence-electron chi connectivity index (χ0n) is 14.4. The first-order valence-electron chi connectivity index (χ1n) is 7.97. The highest BCUT2D eigenvalue weighted by atomic mass is 16.4. The lowest BCUT2D eigenvalue weighted by molar-refractivity contribution is -0.134. The number of carboxylic acids is 1. The number of nitrogens with zero attached hydrogens (tertiary/aromatic N) is 1. The normalized spacial score (nSPS) is 22.1. The Morgan fingerprint density at radius 3 is 2.12 bits per heavy atom. The molecular formula is C17H25N3O5. The predicted molar refractivity (Wildman–Crippen MR) is 92.4 cm³/mol. The maximum atomic E-state index is 11.7. The number of carboxylic acid groups (broad SMARTS) is 2. The second-order valence-electron chi connectivity index (χ2n) is 6.13. The number of benzene rings is 1. The summed E-state index contributed by atoms with van der Waals surface area (Å²) in [5.74, 6) is -0.878. The SMILES string of the molecule is CN(C)C(=O)[C@H]1CC[C@H](NC(=O)O)[C@H](N)C1.O=C(O)c1ccccc1. The van der Waals surface area contributed by atoms with Crippen LogP contribution < -0.4 is 11.1 Å². The van der Waals surface area contributed by atoms with Crippen LogP contribution in [0.5, 0.6) is 0 Å². The van der Waals surface area contributed by atoms with Crippen molar-refractivity contribution in [1.29, 1.82) is 0 Å². The summed E-state index contributed by atoms with van der Waals surface area (Å²) in [4.78, 5) is 34.0. The Bertz CT molecular complexity index is 591. The van der Waals surface area contributed by atoms with E-state index in [1.54, 1.807) is 49.3 Å². The molecule has 0 radical (unpaired) electrons. The Morgan fingerprint density at radius 1 is 1.12 bits per heavy atom. The number of carbonyl (C=O) groups excluding carboxylic acids is 1. The van der Waals surface area contributed by atoms with Crippen molar-refractivity contribution in [1.82, 2.24) is 10.2 Å². The summed E-state index contributed by atoms with van der Waals surface area (Å²) in [6, 6.07) is 7.78. The van der Waals surface area contributed by atoms with Gasteiger partial charge in [0.15, 0.2) is 0 Å². The smallest absolute Gasteiger partial charge is 0.404 e. The number of rotatable bonds is 3. The van der Waals surface area contributed by atoms with E-state index in [2.05, 4.69) is 5.32 Å². The molecule has 1 aliphatic carbocycles. The van der Waals surface area contributed by atoms with Gasteiger partial charge in [-0.15, -0.1) is 0 Å². The highest BCUT2D eigenvalue weighted by Crippen LogP contribution is 2.24. The summed E-state index contributed by atoms with van der Waals surface area (Å²) in [6.07, 6.45) is 0.799. The van der Waals surface area contributed by atoms with Gasteiger partial charge in [-0.25, -0.2) is 9.59 Å². The molecule has 0 unspecified atom stereocenters. The van der Waals surface area contributed by atoms with Gasteiger partial charge in [-0.1, -0.05) is 18.2 Å². The molecular weight excluding hydrogens is 326 g/mol. The van der Waals surface area contributed by atoms with Crippen molar-refractivity contribution in [2.24, 2.45) is 11.7 Å². The van der Waals surface area contributed by atoms with E-state index in [-0.39, 0.29) is 23.9 Å². The monoisotopic (exact) mass is 351 g/mol. The topological polar surface area (TPSA) is 133 Å². The number of hydrogen-bond acceptors (Lipinski definition) is 4. The number of amides is 2. The molecule has 1 fully saturated rings. The second-order valence-corrected chi connectivity index (χ2v) is 6.13. The van der Waals surface area contributed by atoms with Gasteiger partial charge in [-0.05, 0) is 31.4 Å². The first kappa shape index (κ1) is 20.4. The minimum atomic E-state index is -1.06. The molecule has 2 rings (SSSR count). The van der Waals surface area contributed by atoms with E-state index in [4.69, 9.17) is 15.9 Å². The van der Waals surface area contributed by atoms with Crippen molar-refractivity contribution in [2.45, 2.75) is 31.3 Å². The number of nitrogens with two attached hydrogens (primary N) is 1. The molecule has 0 saturated heterocycles. The second kappa shape index (κ2) is 9.63. The molecule has 0 aliphatic heterocycles. The molecule has 8 heteroatoms. The summed E-state index contributed by atoms with van der Waals surface area (Å²) < 4.78 is 0. The molecule has 0 heterocycles. The van der Waals surface area contributed by atoms with Gasteiger partial charge in [-0.2, -0.15) is 0 Å². The third kappa shape index (κ3) is 6.80. The Morgan fingerprint density at radius 2 is 1.72 bits per heavy atom. The van der Waals surface area contributed by atoms with Crippen LogP contribution in [0.4, 0.5) is 4.79 Å². The van der Waals surface area contributed by atoms with Gasteiger partial charge in [0.1, 0.15) is 0 Å². The minimum Gasteiger partial charge on any atom is -0.478 e. The van der Waals surface area contributed by atoms with E-state index >= 15 is 0 Å². The van der Waals surface area contributed by atoms with Crippen molar-refractivity contribution in [3.63, 3.8) is 0 Å². The molecule has 3 atom stereocenters. The fourth-order valence-electron chi connectivity index (χ4n) is 2.71. The van der Waals surface area contributed by atoms with Crippen LogP contribution in [-0.2, 0) is 4.79 Å². The molecule has 2 amide bonds. The van der Waals surface area contributed by atoms with Crippen molar-refractivity contribution in [2.75, 3.05) is 14.1 Å². The lowest BCUT2D eigenvalue weighted by atomic mass is 9.82. The van der Waals surface area contributed by atoms with Crippen molar-refractivity contribution < 1.29 is 24.6 Å². The van der Waals surface area contributed by atoms with Crippen LogP contribution >= 0.6 is 0 Å². The first-order chi connectivity index (χ1) is 11.7. The zero-order chi connectivity index (χ0) is 19.0. The fourth-order valence-corrected chi connectivity index (χ4v) is 2.71. The lowest BCUT2D eigenvalue weighted by Gasteiger charge is -2.34. The van der Waals surface area contributed by atoms with Gasteiger partial charge < -0.3 is 26.2 Å². The van der Waals surface area contributed by atoms with E-state index in [9.17, 15) is 14.4 Å². The van der Waals surface area contributed by atoms with Crippen molar-refractivity contribution in [3.05, 3.63) is 35.9 Å². The number of nitrogens with one attached hydrogen (secondary N) is 1. The first-order valence-corrected chi connectivity index (χ1v) is 7.97. The molecule has 138 valence electrons. The van der Waals surface area contributed by atoms with E-state index in [0.717, 1.165) is 0 Å². The number of carbonyl (C=O) groups is 3. The van der Waals surface area contributed by atoms with E-state index in [1.165, 1.54) is 0 Å². The summed E-state index contributed by atoms with van der Waals surface area (Å²) in [5.41, 5.74) is 6.19. The molecule has 25 heavy (non-hydrogen) atoms. The third-order valence-electron chi connectivity index (χ3n) is 4.02. The molecule has 1 saturated carbocycles. The van der Waals surface area contributed by atoms with Gasteiger partial charge in [0.25, 0.3) is 0 Å². The highest BCUT2D eigenvalue weighted by molar-refractivity contribution is 5.87. The molecule has 1 aromatic rings. The van der Waals surface area contributed by atoms with Gasteiger partial charge >= 0.3 is 12.1 Å². The number of hydrogen-bond donors (Lipinski definition) is 4. The van der Waals surface area contributed by atoms with E-state index in [0.29, 0.717) is 24.8 Å². The van der Waals surface area contributed by atoms with Gasteiger partial charge in [0.05, 0.1) is 5.56 Å². The van der Waals surface area contributed by atoms with Gasteiger partial charge in [-0.3, -0.25) is 4.79 Å². The van der Waals surface area contributed by atoms with Crippen LogP contribution in [0.15, 0.2) is 30.3 Å². The molecule has 1 aromatic carbocycles. The molecule has 0 spiro atoms. The Kier molecular flexibility index (Phi) is 7.87. The molecule has 5 N–H and O–H groups in total. The Labute approximate surface area is 146 Å². The lowest BCUT2D eigenvalue weighted by Crippen LogP contribution is -2.52. The molecule has 0 bridgehead atoms. The van der Waals surface area contributed by atoms with Crippen LogP contribution in [0.25, 0.3) is 0 Å². The Hall–Kier alpha value is -2.61. The summed E-state index contributed by atoms with van der Waals surface area (Å²) >= 11 is 0. The standard InChI is InChI=1S/C10H19N3O3.C7H6O2/c1-13(2)9(14)6-3-4-8(7(11)5-6)12-10(15)16;8-7(9)6-4-2-1-3-5-6/h6-8,12H,3-5,11H2,1-2H3,(H,15,16);1-5H,(H,8,9)/t6-,7+,8-;/m0./s1. The maximum Gasteiger partial charge on any atom is 0.404 e. The minimum absolute atomic E-state index is 0.0724. The summed E-state index contributed by atoms with van der Waals surface area (Å²) in [5, 5.41) is 19.4. The largest absolute Gasteiger partial charge is 0.478 e. The van der Waals surface area contributed by atoms with Crippen molar-refractivity contribution >= 4 is 18.0 Å². The average Bonchev–Trinajstić information content (AvgIpc) is 2.57. The maximum absolute atomic E-state index is 11.7. The molecule has 1 aliphatic rings. The predicted octanol–water partition coefficient (Wildman–Crippen LogP) is 1.22.